The van der Waals surface area contributed by atoms with Crippen molar-refractivity contribution in [3.8, 4) is 5.75 Å². The van der Waals surface area contributed by atoms with Gasteiger partial charge in [-0.15, -0.1) is 0 Å². The first-order chi connectivity index (χ1) is 9.11. The van der Waals surface area contributed by atoms with E-state index in [-0.39, 0.29) is 0 Å². The highest BCUT2D eigenvalue weighted by molar-refractivity contribution is 6.31. The van der Waals surface area contributed by atoms with E-state index >= 15 is 0 Å². The van der Waals surface area contributed by atoms with Crippen molar-refractivity contribution in [2.24, 2.45) is 5.73 Å². The van der Waals surface area contributed by atoms with Gasteiger partial charge in [-0.2, -0.15) is 0 Å². The molecule has 0 aromatic heterocycles. The second-order valence-electron chi connectivity index (χ2n) is 4.64. The van der Waals surface area contributed by atoms with E-state index < -0.39 is 0 Å². The lowest BCUT2D eigenvalue weighted by molar-refractivity contribution is 0.302. The Morgan fingerprint density at radius 3 is 2.37 bits per heavy atom. The van der Waals surface area contributed by atoms with Crippen molar-refractivity contribution in [3.63, 3.8) is 0 Å². The number of rotatable bonds is 4. The van der Waals surface area contributed by atoms with Crippen LogP contribution in [0.3, 0.4) is 0 Å². The zero-order valence-corrected chi connectivity index (χ0v) is 12.0. The van der Waals surface area contributed by atoms with E-state index in [9.17, 15) is 0 Å². The molecule has 2 N–H and O–H groups in total. The summed E-state index contributed by atoms with van der Waals surface area (Å²) in [7, 11) is 0. The fraction of sp³-hybridized carbons (Fsp3) is 0.250. The molecule has 0 heterocycles. The molecule has 2 aromatic carbocycles. The smallest absolute Gasteiger partial charge is 0.125 e. The van der Waals surface area contributed by atoms with Crippen molar-refractivity contribution in [2.45, 2.75) is 27.0 Å². The molecular formula is C16H18ClNO. The minimum Gasteiger partial charge on any atom is -0.488 e. The first-order valence-electron chi connectivity index (χ1n) is 6.28. The highest BCUT2D eigenvalue weighted by Crippen LogP contribution is 2.25. The van der Waals surface area contributed by atoms with E-state index in [4.69, 9.17) is 22.1 Å². The first kappa shape index (κ1) is 13.9. The van der Waals surface area contributed by atoms with Crippen LogP contribution in [0.4, 0.5) is 0 Å². The number of halogens is 1. The number of hydrogen-bond donors (Lipinski definition) is 1. The van der Waals surface area contributed by atoms with Gasteiger partial charge in [-0.1, -0.05) is 41.9 Å². The van der Waals surface area contributed by atoms with Crippen molar-refractivity contribution in [3.05, 3.63) is 63.7 Å². The van der Waals surface area contributed by atoms with Crippen molar-refractivity contribution in [2.75, 3.05) is 0 Å². The molecule has 3 heteroatoms. The fourth-order valence-corrected chi connectivity index (χ4v) is 2.27. The number of ether oxygens (including phenoxy) is 1. The van der Waals surface area contributed by atoms with Crippen molar-refractivity contribution >= 4 is 11.6 Å². The van der Waals surface area contributed by atoms with E-state index in [2.05, 4.69) is 0 Å². The third-order valence-corrected chi connectivity index (χ3v) is 3.49. The molecular weight excluding hydrogens is 258 g/mol. The number of benzene rings is 2. The Hall–Kier alpha value is -1.51. The van der Waals surface area contributed by atoms with E-state index in [0.717, 1.165) is 28.0 Å². The number of nitrogens with two attached hydrogens (primary N) is 1. The molecule has 2 rings (SSSR count). The highest BCUT2D eigenvalue weighted by atomic mass is 35.5. The van der Waals surface area contributed by atoms with Gasteiger partial charge in [-0.25, -0.2) is 0 Å². The summed E-state index contributed by atoms with van der Waals surface area (Å²) in [5.41, 5.74) is 9.85. The average Bonchev–Trinajstić information content (AvgIpc) is 2.39. The lowest BCUT2D eigenvalue weighted by Crippen LogP contribution is -2.01. The molecule has 0 aliphatic carbocycles. The van der Waals surface area contributed by atoms with Crippen LogP contribution in [0.5, 0.6) is 5.75 Å². The van der Waals surface area contributed by atoms with E-state index in [0.29, 0.717) is 18.2 Å². The third-order valence-electron chi connectivity index (χ3n) is 3.13. The zero-order chi connectivity index (χ0) is 13.8. The summed E-state index contributed by atoms with van der Waals surface area (Å²) >= 11 is 6.22. The maximum absolute atomic E-state index is 6.22. The van der Waals surface area contributed by atoms with Gasteiger partial charge in [0.1, 0.15) is 12.4 Å². The fourth-order valence-electron chi connectivity index (χ4n) is 2.01. The monoisotopic (exact) mass is 275 g/mol. The normalized spacial score (nSPS) is 10.5. The second-order valence-corrected chi connectivity index (χ2v) is 5.05. The molecule has 0 unspecified atom stereocenters. The van der Waals surface area contributed by atoms with Crippen LogP contribution < -0.4 is 10.5 Å². The summed E-state index contributed by atoms with van der Waals surface area (Å²) < 4.78 is 5.89. The van der Waals surface area contributed by atoms with E-state index in [1.165, 1.54) is 0 Å². The molecule has 0 aliphatic heterocycles. The van der Waals surface area contributed by atoms with Crippen LogP contribution in [-0.4, -0.2) is 0 Å². The average molecular weight is 276 g/mol. The van der Waals surface area contributed by atoms with Crippen LogP contribution in [0.2, 0.25) is 5.02 Å². The maximum atomic E-state index is 6.22. The first-order valence-corrected chi connectivity index (χ1v) is 6.66. The summed E-state index contributed by atoms with van der Waals surface area (Å²) in [6.07, 6.45) is 0. The largest absolute Gasteiger partial charge is 0.488 e. The topological polar surface area (TPSA) is 35.2 Å². The van der Waals surface area contributed by atoms with Gasteiger partial charge in [0, 0.05) is 17.1 Å². The predicted molar refractivity (Wildman–Crippen MR) is 79.6 cm³/mol. The summed E-state index contributed by atoms with van der Waals surface area (Å²) in [6, 6.07) is 12.0. The Balaban J connectivity index is 2.15. The Bertz CT molecular complexity index is 561. The van der Waals surface area contributed by atoms with Gasteiger partial charge in [-0.05, 0) is 36.6 Å². The van der Waals surface area contributed by atoms with E-state index in [1.807, 2.05) is 50.2 Å². The third kappa shape index (κ3) is 3.28. The molecule has 0 atom stereocenters. The van der Waals surface area contributed by atoms with Gasteiger partial charge in [0.05, 0.1) is 0 Å². The molecule has 0 spiro atoms. The lowest BCUT2D eigenvalue weighted by Gasteiger charge is -2.13. The number of para-hydroxylation sites is 1. The van der Waals surface area contributed by atoms with Gasteiger partial charge in [-0.3, -0.25) is 0 Å². The Labute approximate surface area is 119 Å². The summed E-state index contributed by atoms with van der Waals surface area (Å²) in [4.78, 5) is 0. The standard InChI is InChI=1S/C16H18ClNO/c1-11-4-3-5-12(2)16(11)19-10-14-7-6-13(9-18)8-15(14)17/h3-8H,9-10,18H2,1-2H3. The molecule has 0 amide bonds. The molecule has 0 aliphatic rings. The van der Waals surface area contributed by atoms with Gasteiger partial charge >= 0.3 is 0 Å². The molecule has 0 radical (unpaired) electrons. The molecule has 2 nitrogen and oxygen atoms in total. The van der Waals surface area contributed by atoms with Crippen LogP contribution in [0.1, 0.15) is 22.3 Å². The van der Waals surface area contributed by atoms with Gasteiger partial charge < -0.3 is 10.5 Å². The van der Waals surface area contributed by atoms with Crippen LogP contribution in [0.15, 0.2) is 36.4 Å². The van der Waals surface area contributed by atoms with Crippen molar-refractivity contribution in [1.29, 1.82) is 0 Å². The Morgan fingerprint density at radius 2 is 1.79 bits per heavy atom. The van der Waals surface area contributed by atoms with Crippen molar-refractivity contribution in [1.82, 2.24) is 0 Å². The summed E-state index contributed by atoms with van der Waals surface area (Å²) in [5, 5.41) is 0.703. The van der Waals surface area contributed by atoms with Crippen molar-refractivity contribution < 1.29 is 4.74 Å². The minimum absolute atomic E-state index is 0.468. The van der Waals surface area contributed by atoms with Gasteiger partial charge in [0.15, 0.2) is 0 Å². The van der Waals surface area contributed by atoms with Crippen LogP contribution in [0.25, 0.3) is 0 Å². The summed E-state index contributed by atoms with van der Waals surface area (Å²) in [6.45, 7) is 5.05. The molecule has 19 heavy (non-hydrogen) atoms. The molecule has 100 valence electrons. The van der Waals surface area contributed by atoms with Crippen LogP contribution >= 0.6 is 11.6 Å². The summed E-state index contributed by atoms with van der Waals surface area (Å²) in [5.74, 6) is 0.932. The zero-order valence-electron chi connectivity index (χ0n) is 11.2. The Morgan fingerprint density at radius 1 is 1.11 bits per heavy atom. The van der Waals surface area contributed by atoms with Crippen LogP contribution in [0, 0.1) is 13.8 Å². The Kier molecular flexibility index (Phi) is 4.46. The number of hydrogen-bond acceptors (Lipinski definition) is 2. The lowest BCUT2D eigenvalue weighted by atomic mass is 10.1. The number of aryl methyl sites for hydroxylation is 2. The molecule has 0 bridgehead atoms. The SMILES string of the molecule is Cc1cccc(C)c1OCc1ccc(CN)cc1Cl. The second kappa shape index (κ2) is 6.09. The minimum atomic E-state index is 0.468. The molecule has 0 fully saturated rings. The van der Waals surface area contributed by atoms with Gasteiger partial charge in [0.25, 0.3) is 0 Å². The molecule has 2 aromatic rings. The van der Waals surface area contributed by atoms with Gasteiger partial charge in [0.2, 0.25) is 0 Å². The molecule has 0 saturated carbocycles. The maximum Gasteiger partial charge on any atom is 0.125 e. The van der Waals surface area contributed by atoms with E-state index in [1.54, 1.807) is 0 Å². The predicted octanol–water partition coefficient (Wildman–Crippen LogP) is 3.99. The quantitative estimate of drug-likeness (QED) is 0.915. The van der Waals surface area contributed by atoms with Crippen LogP contribution in [-0.2, 0) is 13.2 Å². The molecule has 0 saturated heterocycles. The highest BCUT2D eigenvalue weighted by Gasteiger charge is 2.06.